The first-order chi connectivity index (χ1) is 20.2. The zero-order valence-corrected chi connectivity index (χ0v) is 26.7. The third-order valence-corrected chi connectivity index (χ3v) is 12.5. The van der Waals surface area contributed by atoms with Crippen molar-refractivity contribution in [2.24, 2.45) is 40.4 Å². The lowest BCUT2D eigenvalue weighted by Gasteiger charge is -2.58. The predicted octanol–water partition coefficient (Wildman–Crippen LogP) is 9.38. The number of carbonyl (C=O) groups is 1. The van der Waals surface area contributed by atoms with E-state index in [9.17, 15) is 13.6 Å². The lowest BCUT2D eigenvalue weighted by Crippen LogP contribution is -2.55. The monoisotopic (exact) mass is 602 g/mol. The van der Waals surface area contributed by atoms with Crippen molar-refractivity contribution in [3.63, 3.8) is 0 Å². The van der Waals surface area contributed by atoms with Gasteiger partial charge in [0.1, 0.15) is 23.6 Å². The standard InChI is InChI=1S/C36H49F3O4/c1-20(9-7-12-29(41-21(2)40)32-26(37)10-8-11-27(32)38)22-13-14-23-31-24(15-17-35(22,23)5)36(6)18-16-30-33(25(36)19-28(31)39)43-34(3,4)42-30/h8,10-11,20,22-25,29-30,33H,7,9,12-19H2,1-6H3/t20-,22-,23+,24+,25+,29?,30+,33-,35-,36-/m1/s1. The second-order valence-electron chi connectivity index (χ2n) is 15.3. The van der Waals surface area contributed by atoms with Gasteiger partial charge in [-0.3, -0.25) is 4.79 Å². The minimum Gasteiger partial charge on any atom is -0.457 e. The number of ether oxygens (including phenoxy) is 3. The molecule has 4 nitrogen and oxygen atoms in total. The van der Waals surface area contributed by atoms with Crippen molar-refractivity contribution in [3.05, 3.63) is 46.8 Å². The Labute approximate surface area is 255 Å². The Balaban J connectivity index is 1.16. The summed E-state index contributed by atoms with van der Waals surface area (Å²) < 4.78 is 63.4. The first-order valence-electron chi connectivity index (χ1n) is 16.6. The average Bonchev–Trinajstić information content (AvgIpc) is 3.44. The van der Waals surface area contributed by atoms with Crippen LogP contribution in [0.25, 0.3) is 0 Å². The summed E-state index contributed by atoms with van der Waals surface area (Å²) in [7, 11) is 0. The number of carbonyl (C=O) groups excluding carboxylic acids is 1. The molecule has 43 heavy (non-hydrogen) atoms. The smallest absolute Gasteiger partial charge is 0.303 e. The van der Waals surface area contributed by atoms with E-state index in [0.29, 0.717) is 31.1 Å². The van der Waals surface area contributed by atoms with Crippen molar-refractivity contribution in [2.75, 3.05) is 0 Å². The van der Waals surface area contributed by atoms with Gasteiger partial charge in [-0.25, -0.2) is 13.2 Å². The molecule has 0 amide bonds. The maximum Gasteiger partial charge on any atom is 0.303 e. The van der Waals surface area contributed by atoms with E-state index in [1.165, 1.54) is 25.1 Å². The number of hydrogen-bond donors (Lipinski definition) is 0. The number of fused-ring (bicyclic) bond motifs is 7. The molecular weight excluding hydrogens is 553 g/mol. The summed E-state index contributed by atoms with van der Waals surface area (Å²) in [6, 6.07) is 3.73. The Kier molecular flexibility index (Phi) is 8.10. The molecule has 0 radical (unpaired) electrons. The fourth-order valence-corrected chi connectivity index (χ4v) is 10.6. The van der Waals surface area contributed by atoms with Crippen LogP contribution in [0.5, 0.6) is 0 Å². The van der Waals surface area contributed by atoms with E-state index in [-0.39, 0.29) is 52.2 Å². The van der Waals surface area contributed by atoms with Gasteiger partial charge in [-0.15, -0.1) is 0 Å². The highest BCUT2D eigenvalue weighted by molar-refractivity contribution is 5.66. The Morgan fingerprint density at radius 1 is 0.953 bits per heavy atom. The minimum absolute atomic E-state index is 0.0224. The highest BCUT2D eigenvalue weighted by atomic mass is 19.1. The lowest BCUT2D eigenvalue weighted by atomic mass is 9.47. The molecule has 0 aromatic heterocycles. The van der Waals surface area contributed by atoms with Gasteiger partial charge in [-0.2, -0.15) is 0 Å². The molecule has 1 aliphatic heterocycles. The van der Waals surface area contributed by atoms with Crippen LogP contribution in [0.2, 0.25) is 0 Å². The van der Waals surface area contributed by atoms with Crippen LogP contribution >= 0.6 is 0 Å². The molecule has 1 aromatic carbocycles. The van der Waals surface area contributed by atoms with Crippen LogP contribution in [0, 0.1) is 52.1 Å². The van der Waals surface area contributed by atoms with Crippen LogP contribution in [-0.4, -0.2) is 24.0 Å². The van der Waals surface area contributed by atoms with E-state index in [1.54, 1.807) is 0 Å². The largest absolute Gasteiger partial charge is 0.457 e. The van der Waals surface area contributed by atoms with Gasteiger partial charge in [0.25, 0.3) is 0 Å². The summed E-state index contributed by atoms with van der Waals surface area (Å²) in [5, 5.41) is 0. The number of rotatable bonds is 7. The molecule has 4 fully saturated rings. The van der Waals surface area contributed by atoms with Crippen LogP contribution in [-0.2, 0) is 19.0 Å². The summed E-state index contributed by atoms with van der Waals surface area (Å²) in [5.74, 6) is -0.949. The van der Waals surface area contributed by atoms with E-state index >= 15 is 4.39 Å². The Hall–Kier alpha value is -1.86. The van der Waals surface area contributed by atoms with Crippen LogP contribution in [0.15, 0.2) is 29.6 Å². The van der Waals surface area contributed by atoms with Gasteiger partial charge in [0.15, 0.2) is 5.79 Å². The molecule has 238 valence electrons. The fourth-order valence-electron chi connectivity index (χ4n) is 10.6. The molecule has 4 aliphatic carbocycles. The van der Waals surface area contributed by atoms with E-state index in [2.05, 4.69) is 20.8 Å². The molecule has 3 saturated carbocycles. The highest BCUT2D eigenvalue weighted by Gasteiger charge is 2.63. The number of allylic oxidation sites excluding steroid dienone is 2. The molecule has 1 heterocycles. The number of hydrogen-bond acceptors (Lipinski definition) is 4. The molecule has 7 heteroatoms. The fraction of sp³-hybridized carbons (Fsp3) is 0.750. The maximum absolute atomic E-state index is 16.3. The Morgan fingerprint density at radius 2 is 1.63 bits per heavy atom. The van der Waals surface area contributed by atoms with Gasteiger partial charge in [-0.05, 0) is 123 Å². The maximum atomic E-state index is 16.3. The third-order valence-electron chi connectivity index (χ3n) is 12.5. The van der Waals surface area contributed by atoms with Crippen molar-refractivity contribution >= 4 is 5.97 Å². The summed E-state index contributed by atoms with van der Waals surface area (Å²) in [4.78, 5) is 11.8. The number of benzene rings is 1. The normalized spacial score (nSPS) is 39.4. The number of halogens is 3. The van der Waals surface area contributed by atoms with Gasteiger partial charge in [0, 0.05) is 13.3 Å². The second-order valence-corrected chi connectivity index (χ2v) is 15.3. The molecule has 5 aliphatic rings. The van der Waals surface area contributed by atoms with Gasteiger partial charge >= 0.3 is 5.97 Å². The van der Waals surface area contributed by atoms with Crippen molar-refractivity contribution in [2.45, 2.75) is 130 Å². The minimum atomic E-state index is -0.946. The van der Waals surface area contributed by atoms with Crippen LogP contribution in [0.1, 0.15) is 117 Å². The van der Waals surface area contributed by atoms with E-state index in [1.807, 2.05) is 13.8 Å². The third kappa shape index (κ3) is 5.28. The summed E-state index contributed by atoms with van der Waals surface area (Å²) in [6.07, 6.45) is 7.64. The summed E-state index contributed by atoms with van der Waals surface area (Å²) in [5.41, 5.74) is 0.999. The van der Waals surface area contributed by atoms with Crippen molar-refractivity contribution in [1.29, 1.82) is 0 Å². The topological polar surface area (TPSA) is 44.8 Å². The van der Waals surface area contributed by atoms with E-state index in [0.717, 1.165) is 50.5 Å². The van der Waals surface area contributed by atoms with Crippen molar-refractivity contribution < 1.29 is 32.2 Å². The van der Waals surface area contributed by atoms with E-state index in [4.69, 9.17) is 14.2 Å². The molecule has 0 bridgehead atoms. The molecule has 10 atom stereocenters. The van der Waals surface area contributed by atoms with Crippen LogP contribution in [0.4, 0.5) is 13.2 Å². The van der Waals surface area contributed by atoms with Gasteiger partial charge < -0.3 is 14.2 Å². The predicted molar refractivity (Wildman–Crippen MR) is 158 cm³/mol. The summed E-state index contributed by atoms with van der Waals surface area (Å²) in [6.45, 7) is 12.3. The molecule has 1 saturated heterocycles. The van der Waals surface area contributed by atoms with Crippen LogP contribution in [0.3, 0.4) is 0 Å². The Bertz CT molecular complexity index is 1260. The quantitative estimate of drug-likeness (QED) is 0.292. The van der Waals surface area contributed by atoms with Crippen LogP contribution < -0.4 is 0 Å². The molecule has 6 rings (SSSR count). The molecule has 0 N–H and O–H groups in total. The van der Waals surface area contributed by atoms with Gasteiger partial charge in [0.05, 0.1) is 17.8 Å². The molecule has 1 unspecified atom stereocenters. The van der Waals surface area contributed by atoms with Gasteiger partial charge in [0.2, 0.25) is 0 Å². The SMILES string of the molecule is CC(=O)OC(CCC[C@@H](C)[C@H]1CC[C@H]2C3=C(F)C[C@H]4[C@H]5OC(C)(C)O[C@H]5CC[C@]4(C)[C@H]3CC[C@]12C)c1c(F)cccc1F. The zero-order valence-electron chi connectivity index (χ0n) is 26.7. The second kappa shape index (κ2) is 11.2. The summed E-state index contributed by atoms with van der Waals surface area (Å²) >= 11 is 0. The molecular formula is C36H49F3O4. The zero-order chi connectivity index (χ0) is 30.9. The molecule has 0 spiro atoms. The molecule has 1 aromatic rings. The van der Waals surface area contributed by atoms with Gasteiger partial charge in [-0.1, -0.05) is 33.3 Å². The van der Waals surface area contributed by atoms with Crippen molar-refractivity contribution in [3.8, 4) is 0 Å². The van der Waals surface area contributed by atoms with E-state index < -0.39 is 29.5 Å². The first kappa shape index (κ1) is 31.1. The van der Waals surface area contributed by atoms with Crippen molar-refractivity contribution in [1.82, 2.24) is 0 Å². The number of esters is 1. The highest BCUT2D eigenvalue weighted by Crippen LogP contribution is 2.69. The first-order valence-corrected chi connectivity index (χ1v) is 16.6. The lowest BCUT2D eigenvalue weighted by molar-refractivity contribution is -0.154. The Morgan fingerprint density at radius 3 is 2.33 bits per heavy atom. The average molecular weight is 603 g/mol.